The maximum atomic E-state index is 12.3. The average Bonchev–Trinajstić information content (AvgIpc) is 3.13. The summed E-state index contributed by atoms with van der Waals surface area (Å²) < 4.78 is 1.84. The fourth-order valence-corrected chi connectivity index (χ4v) is 3.45. The Balaban J connectivity index is 1.60. The highest BCUT2D eigenvalue weighted by Crippen LogP contribution is 2.18. The molecule has 0 aliphatic heterocycles. The molecule has 0 atom stereocenters. The normalized spacial score (nSPS) is 10.4. The minimum atomic E-state index is -0.181. The Bertz CT molecular complexity index is 1020. The second-order valence-electron chi connectivity index (χ2n) is 6.55. The fourth-order valence-electron chi connectivity index (χ4n) is 2.68. The molecule has 7 nitrogen and oxygen atoms in total. The lowest BCUT2D eigenvalue weighted by molar-refractivity contribution is -0.113. The summed E-state index contributed by atoms with van der Waals surface area (Å²) >= 11 is 1.28. The van der Waals surface area contributed by atoms with E-state index in [1.54, 1.807) is 18.2 Å². The van der Waals surface area contributed by atoms with Crippen LogP contribution in [0.25, 0.3) is 0 Å². The number of rotatable bonds is 9. The van der Waals surface area contributed by atoms with Gasteiger partial charge in [0, 0.05) is 17.8 Å². The number of carbonyl (C=O) groups excluding carboxylic acids is 2. The number of aromatic nitrogens is 3. The van der Waals surface area contributed by atoms with E-state index in [1.165, 1.54) is 11.8 Å². The molecule has 3 rings (SSSR count). The molecule has 0 saturated heterocycles. The fraction of sp³-hybridized carbons (Fsp3) is 0.182. The van der Waals surface area contributed by atoms with Gasteiger partial charge in [0.15, 0.2) is 11.0 Å². The van der Waals surface area contributed by atoms with Crippen LogP contribution in [-0.2, 0) is 17.9 Å². The number of benzene rings is 2. The van der Waals surface area contributed by atoms with E-state index in [0.29, 0.717) is 23.1 Å². The third-order valence-corrected chi connectivity index (χ3v) is 5.18. The van der Waals surface area contributed by atoms with Crippen molar-refractivity contribution in [1.29, 1.82) is 0 Å². The number of hydrogen-bond donors (Lipinski definition) is 2. The van der Waals surface area contributed by atoms with Crippen molar-refractivity contribution in [3.8, 4) is 0 Å². The summed E-state index contributed by atoms with van der Waals surface area (Å²) in [4.78, 5) is 24.5. The third-order valence-electron chi connectivity index (χ3n) is 4.22. The highest BCUT2D eigenvalue weighted by atomic mass is 32.2. The summed E-state index contributed by atoms with van der Waals surface area (Å²) in [6, 6.07) is 16.6. The monoisotopic (exact) mass is 421 g/mol. The summed E-state index contributed by atoms with van der Waals surface area (Å²) in [6.45, 7) is 6.44. The van der Waals surface area contributed by atoms with Gasteiger partial charge in [0.05, 0.1) is 12.3 Å². The first-order valence-corrected chi connectivity index (χ1v) is 10.4. The molecule has 0 spiro atoms. The van der Waals surface area contributed by atoms with Crippen LogP contribution in [0.3, 0.4) is 0 Å². The number of nitrogens with zero attached hydrogens (tertiary/aromatic N) is 3. The third kappa shape index (κ3) is 5.81. The number of carbonyl (C=O) groups is 2. The van der Waals surface area contributed by atoms with Crippen LogP contribution in [0.4, 0.5) is 5.69 Å². The van der Waals surface area contributed by atoms with Gasteiger partial charge in [-0.15, -0.1) is 16.8 Å². The lowest BCUT2D eigenvalue weighted by Gasteiger charge is -2.09. The molecule has 0 aliphatic carbocycles. The second-order valence-corrected chi connectivity index (χ2v) is 7.49. The Morgan fingerprint density at radius 1 is 1.10 bits per heavy atom. The number of anilines is 1. The van der Waals surface area contributed by atoms with E-state index in [1.807, 2.05) is 54.0 Å². The van der Waals surface area contributed by atoms with Crippen molar-refractivity contribution in [2.75, 3.05) is 11.1 Å². The van der Waals surface area contributed by atoms with Crippen molar-refractivity contribution < 1.29 is 9.59 Å². The molecule has 0 radical (unpaired) electrons. The predicted octanol–water partition coefficient (Wildman–Crippen LogP) is 3.43. The molecule has 2 aromatic carbocycles. The summed E-state index contributed by atoms with van der Waals surface area (Å²) in [6.07, 6.45) is 1.72. The zero-order valence-corrected chi connectivity index (χ0v) is 17.5. The summed E-state index contributed by atoms with van der Waals surface area (Å²) in [7, 11) is 0. The molecular formula is C22H23N5O2S. The Labute approximate surface area is 179 Å². The van der Waals surface area contributed by atoms with E-state index >= 15 is 0 Å². The Kier molecular flexibility index (Phi) is 7.40. The molecule has 30 heavy (non-hydrogen) atoms. The molecule has 154 valence electrons. The zero-order chi connectivity index (χ0) is 21.3. The van der Waals surface area contributed by atoms with Gasteiger partial charge >= 0.3 is 0 Å². The quantitative estimate of drug-likeness (QED) is 0.408. The molecule has 3 aromatic rings. The van der Waals surface area contributed by atoms with Crippen LogP contribution in [0.2, 0.25) is 0 Å². The summed E-state index contributed by atoms with van der Waals surface area (Å²) in [5.41, 5.74) is 2.42. The van der Waals surface area contributed by atoms with E-state index in [9.17, 15) is 9.59 Å². The van der Waals surface area contributed by atoms with Gasteiger partial charge in [-0.2, -0.15) is 0 Å². The molecule has 0 fully saturated rings. The van der Waals surface area contributed by atoms with Gasteiger partial charge in [0.2, 0.25) is 5.91 Å². The van der Waals surface area contributed by atoms with E-state index in [0.717, 1.165) is 11.3 Å². The summed E-state index contributed by atoms with van der Waals surface area (Å²) in [5.74, 6) is 0.481. The van der Waals surface area contributed by atoms with Gasteiger partial charge in [0.1, 0.15) is 0 Å². The van der Waals surface area contributed by atoms with Crippen LogP contribution in [0.15, 0.2) is 72.4 Å². The molecule has 2 N–H and O–H groups in total. The number of para-hydroxylation sites is 1. The molecule has 1 heterocycles. The van der Waals surface area contributed by atoms with Gasteiger partial charge in [-0.05, 0) is 31.2 Å². The van der Waals surface area contributed by atoms with Gasteiger partial charge < -0.3 is 15.2 Å². The Morgan fingerprint density at radius 2 is 1.83 bits per heavy atom. The molecule has 0 unspecified atom stereocenters. The standard InChI is InChI=1S/C22H23N5O2S/c1-3-13-27-19(14-23-21(29)17-11-9-16(2)10-12-17)25-26-22(27)30-15-20(28)24-18-7-5-4-6-8-18/h3-12H,1,13-15H2,2H3,(H,23,29)(H,24,28). The van der Waals surface area contributed by atoms with Crippen molar-refractivity contribution in [3.05, 3.63) is 84.2 Å². The van der Waals surface area contributed by atoms with E-state index in [4.69, 9.17) is 0 Å². The highest BCUT2D eigenvalue weighted by Gasteiger charge is 2.15. The molecule has 0 bridgehead atoms. The molecule has 2 amide bonds. The second kappa shape index (κ2) is 10.4. The molecule has 0 saturated carbocycles. The van der Waals surface area contributed by atoms with Crippen molar-refractivity contribution in [2.45, 2.75) is 25.2 Å². The van der Waals surface area contributed by atoms with Crippen LogP contribution < -0.4 is 10.6 Å². The molecular weight excluding hydrogens is 398 g/mol. The SMILES string of the molecule is C=CCn1c(CNC(=O)c2ccc(C)cc2)nnc1SCC(=O)Nc1ccccc1. The van der Waals surface area contributed by atoms with E-state index in [-0.39, 0.29) is 24.1 Å². The summed E-state index contributed by atoms with van der Waals surface area (Å²) in [5, 5.41) is 14.6. The lowest BCUT2D eigenvalue weighted by atomic mass is 10.1. The Morgan fingerprint density at radius 3 is 2.53 bits per heavy atom. The number of hydrogen-bond acceptors (Lipinski definition) is 5. The van der Waals surface area contributed by atoms with Crippen LogP contribution in [-0.4, -0.2) is 32.3 Å². The van der Waals surface area contributed by atoms with Crippen molar-refractivity contribution >= 4 is 29.3 Å². The van der Waals surface area contributed by atoms with Crippen molar-refractivity contribution in [3.63, 3.8) is 0 Å². The topological polar surface area (TPSA) is 88.9 Å². The average molecular weight is 422 g/mol. The number of allylic oxidation sites excluding steroid dienone is 1. The zero-order valence-electron chi connectivity index (χ0n) is 16.7. The van der Waals surface area contributed by atoms with E-state index in [2.05, 4.69) is 27.4 Å². The first-order chi connectivity index (χ1) is 14.6. The van der Waals surface area contributed by atoms with Gasteiger partial charge in [0.25, 0.3) is 5.91 Å². The predicted molar refractivity (Wildman–Crippen MR) is 118 cm³/mol. The Hall–Kier alpha value is -3.39. The number of thioether (sulfide) groups is 1. The highest BCUT2D eigenvalue weighted by molar-refractivity contribution is 7.99. The number of nitrogens with one attached hydrogen (secondary N) is 2. The maximum Gasteiger partial charge on any atom is 0.251 e. The minimum Gasteiger partial charge on any atom is -0.345 e. The van der Waals surface area contributed by atoms with Crippen molar-refractivity contribution in [1.82, 2.24) is 20.1 Å². The van der Waals surface area contributed by atoms with Gasteiger partial charge in [-0.25, -0.2) is 0 Å². The van der Waals surface area contributed by atoms with Gasteiger partial charge in [-0.3, -0.25) is 9.59 Å². The maximum absolute atomic E-state index is 12.3. The smallest absolute Gasteiger partial charge is 0.251 e. The molecule has 0 aliphatic rings. The van der Waals surface area contributed by atoms with Crippen LogP contribution >= 0.6 is 11.8 Å². The molecule has 1 aromatic heterocycles. The first kappa shape index (κ1) is 21.3. The first-order valence-electron chi connectivity index (χ1n) is 9.42. The largest absolute Gasteiger partial charge is 0.345 e. The molecule has 8 heteroatoms. The number of amides is 2. The van der Waals surface area contributed by atoms with Crippen LogP contribution in [0.5, 0.6) is 0 Å². The van der Waals surface area contributed by atoms with Crippen LogP contribution in [0, 0.1) is 6.92 Å². The van der Waals surface area contributed by atoms with Crippen molar-refractivity contribution in [2.24, 2.45) is 0 Å². The number of aryl methyl sites for hydroxylation is 1. The minimum absolute atomic E-state index is 0.131. The lowest BCUT2D eigenvalue weighted by Crippen LogP contribution is -2.24. The van der Waals surface area contributed by atoms with E-state index < -0.39 is 0 Å². The van der Waals surface area contributed by atoms with Crippen LogP contribution in [0.1, 0.15) is 21.7 Å². The van der Waals surface area contributed by atoms with Gasteiger partial charge in [-0.1, -0.05) is 53.7 Å².